The summed E-state index contributed by atoms with van der Waals surface area (Å²) in [5.74, 6) is 0.0985. The Labute approximate surface area is 123 Å². The lowest BCUT2D eigenvalue weighted by atomic mass is 10.2. The molecule has 0 radical (unpaired) electrons. The van der Waals surface area contributed by atoms with E-state index in [1.54, 1.807) is 23.1 Å². The molecule has 0 saturated carbocycles. The number of nitriles is 1. The Morgan fingerprint density at radius 2 is 2.20 bits per heavy atom. The number of benzene rings is 1. The smallest absolute Gasteiger partial charge is 0.224 e. The second-order valence-electron chi connectivity index (χ2n) is 4.44. The molecule has 0 spiro atoms. The number of carbonyl (C=O) groups excluding carboxylic acids is 1. The van der Waals surface area contributed by atoms with E-state index < -0.39 is 0 Å². The number of anilines is 1. The highest BCUT2D eigenvalue weighted by atomic mass is 35.5. The van der Waals surface area contributed by atoms with E-state index in [1.165, 1.54) is 0 Å². The van der Waals surface area contributed by atoms with Gasteiger partial charge >= 0.3 is 0 Å². The van der Waals surface area contributed by atoms with Crippen LogP contribution in [-0.4, -0.2) is 43.7 Å². The first-order chi connectivity index (χ1) is 9.72. The molecular formula is C14H16ClN3O2. The predicted molar refractivity (Wildman–Crippen MR) is 76.7 cm³/mol. The van der Waals surface area contributed by atoms with Crippen LogP contribution in [0.5, 0.6) is 0 Å². The number of hydrogen-bond acceptors (Lipinski definition) is 4. The van der Waals surface area contributed by atoms with Crippen LogP contribution in [0.2, 0.25) is 5.02 Å². The molecule has 0 aliphatic carbocycles. The van der Waals surface area contributed by atoms with Gasteiger partial charge in [0.1, 0.15) is 6.07 Å². The van der Waals surface area contributed by atoms with Gasteiger partial charge in [0.15, 0.2) is 0 Å². The summed E-state index contributed by atoms with van der Waals surface area (Å²) in [6.07, 6.45) is 0.386. The fourth-order valence-electron chi connectivity index (χ4n) is 2.06. The molecule has 0 aromatic heterocycles. The third-order valence-electron chi connectivity index (χ3n) is 3.14. The number of morpholine rings is 1. The van der Waals surface area contributed by atoms with Gasteiger partial charge in [0.25, 0.3) is 0 Å². The van der Waals surface area contributed by atoms with Crippen LogP contribution < -0.4 is 5.32 Å². The van der Waals surface area contributed by atoms with Gasteiger partial charge in [0.2, 0.25) is 5.91 Å². The first-order valence-electron chi connectivity index (χ1n) is 6.50. The topological polar surface area (TPSA) is 65.4 Å². The quantitative estimate of drug-likeness (QED) is 0.920. The van der Waals surface area contributed by atoms with Crippen molar-refractivity contribution in [3.63, 3.8) is 0 Å². The standard InChI is InChI=1S/C14H16ClN3O2/c15-12-2-1-3-13(11(12)10-16)17-5-4-14(19)18-6-8-20-9-7-18/h1-3,17H,4-9H2. The van der Waals surface area contributed by atoms with Crippen LogP contribution in [0.4, 0.5) is 5.69 Å². The first-order valence-corrected chi connectivity index (χ1v) is 6.88. The number of nitrogens with one attached hydrogen (secondary N) is 1. The SMILES string of the molecule is N#Cc1c(Cl)cccc1NCCC(=O)N1CCOCC1. The average Bonchev–Trinajstić information content (AvgIpc) is 2.48. The molecule has 20 heavy (non-hydrogen) atoms. The molecule has 6 heteroatoms. The molecule has 2 rings (SSSR count). The summed E-state index contributed by atoms with van der Waals surface area (Å²) in [6, 6.07) is 7.28. The summed E-state index contributed by atoms with van der Waals surface area (Å²) in [6.45, 7) is 2.99. The molecule has 5 nitrogen and oxygen atoms in total. The van der Waals surface area contributed by atoms with E-state index >= 15 is 0 Å². The molecule has 1 aliphatic heterocycles. The van der Waals surface area contributed by atoms with Crippen molar-refractivity contribution in [1.82, 2.24) is 4.90 Å². The lowest BCUT2D eigenvalue weighted by Crippen LogP contribution is -2.41. The summed E-state index contributed by atoms with van der Waals surface area (Å²) < 4.78 is 5.21. The summed E-state index contributed by atoms with van der Waals surface area (Å²) >= 11 is 5.94. The zero-order chi connectivity index (χ0) is 14.4. The lowest BCUT2D eigenvalue weighted by molar-refractivity contribution is -0.134. The molecule has 1 aromatic carbocycles. The van der Waals surface area contributed by atoms with E-state index in [0.717, 1.165) is 0 Å². The summed E-state index contributed by atoms with van der Waals surface area (Å²) in [5, 5.41) is 12.6. The normalized spacial score (nSPS) is 14.7. The number of hydrogen-bond donors (Lipinski definition) is 1. The molecule has 1 saturated heterocycles. The first kappa shape index (κ1) is 14.6. The Morgan fingerprint density at radius 1 is 1.45 bits per heavy atom. The minimum absolute atomic E-state index is 0.0985. The van der Waals surface area contributed by atoms with E-state index in [2.05, 4.69) is 11.4 Å². The van der Waals surface area contributed by atoms with Crippen molar-refractivity contribution in [3.05, 3.63) is 28.8 Å². The molecule has 0 unspecified atom stereocenters. The van der Waals surface area contributed by atoms with E-state index in [0.29, 0.717) is 55.5 Å². The van der Waals surface area contributed by atoms with Crippen molar-refractivity contribution in [3.8, 4) is 6.07 Å². The molecule has 1 heterocycles. The number of ether oxygens (including phenoxy) is 1. The maximum Gasteiger partial charge on any atom is 0.224 e. The van der Waals surface area contributed by atoms with Crippen LogP contribution >= 0.6 is 11.6 Å². The van der Waals surface area contributed by atoms with Crippen LogP contribution in [0, 0.1) is 11.3 Å². The fraction of sp³-hybridized carbons (Fsp3) is 0.429. The second kappa shape index (κ2) is 7.13. The molecule has 1 aromatic rings. The summed E-state index contributed by atoms with van der Waals surface area (Å²) in [4.78, 5) is 13.7. The molecule has 0 bridgehead atoms. The van der Waals surface area contributed by atoms with Crippen molar-refractivity contribution in [1.29, 1.82) is 5.26 Å². The van der Waals surface area contributed by atoms with Crippen LogP contribution in [0.3, 0.4) is 0 Å². The van der Waals surface area contributed by atoms with Crippen molar-refractivity contribution in [2.24, 2.45) is 0 Å². The minimum Gasteiger partial charge on any atom is -0.383 e. The van der Waals surface area contributed by atoms with Gasteiger partial charge in [0, 0.05) is 26.1 Å². The van der Waals surface area contributed by atoms with Crippen molar-refractivity contribution in [2.45, 2.75) is 6.42 Å². The predicted octanol–water partition coefficient (Wildman–Crippen LogP) is 1.87. The van der Waals surface area contributed by atoms with Gasteiger partial charge in [-0.1, -0.05) is 17.7 Å². The molecular weight excluding hydrogens is 278 g/mol. The van der Waals surface area contributed by atoms with E-state index in [1.807, 2.05) is 0 Å². The molecule has 1 amide bonds. The van der Waals surface area contributed by atoms with Crippen LogP contribution in [0.15, 0.2) is 18.2 Å². The Bertz CT molecular complexity index is 522. The van der Waals surface area contributed by atoms with Crippen molar-refractivity contribution in [2.75, 3.05) is 38.2 Å². The number of rotatable bonds is 4. The van der Waals surface area contributed by atoms with Crippen molar-refractivity contribution < 1.29 is 9.53 Å². The van der Waals surface area contributed by atoms with Gasteiger partial charge < -0.3 is 15.0 Å². The van der Waals surface area contributed by atoms with Gasteiger partial charge in [0.05, 0.1) is 29.5 Å². The largest absolute Gasteiger partial charge is 0.383 e. The number of carbonyl (C=O) groups is 1. The average molecular weight is 294 g/mol. The van der Waals surface area contributed by atoms with Crippen LogP contribution in [0.25, 0.3) is 0 Å². The van der Waals surface area contributed by atoms with Gasteiger partial charge in [-0.15, -0.1) is 0 Å². The second-order valence-corrected chi connectivity index (χ2v) is 4.85. The maximum atomic E-state index is 11.9. The van der Waals surface area contributed by atoms with Gasteiger partial charge in [-0.05, 0) is 12.1 Å². The zero-order valence-electron chi connectivity index (χ0n) is 11.1. The van der Waals surface area contributed by atoms with Gasteiger partial charge in [-0.3, -0.25) is 4.79 Å². The minimum atomic E-state index is 0.0985. The highest BCUT2D eigenvalue weighted by Crippen LogP contribution is 2.23. The van der Waals surface area contributed by atoms with Crippen LogP contribution in [0.1, 0.15) is 12.0 Å². The third kappa shape index (κ3) is 3.62. The molecule has 1 fully saturated rings. The molecule has 1 N–H and O–H groups in total. The van der Waals surface area contributed by atoms with E-state index in [9.17, 15) is 4.79 Å². The number of nitrogens with zero attached hydrogens (tertiary/aromatic N) is 2. The summed E-state index contributed by atoms with van der Waals surface area (Å²) in [5.41, 5.74) is 1.07. The van der Waals surface area contributed by atoms with Crippen LogP contribution in [-0.2, 0) is 9.53 Å². The maximum absolute atomic E-state index is 11.9. The third-order valence-corrected chi connectivity index (χ3v) is 3.46. The molecule has 1 aliphatic rings. The molecule has 106 valence electrons. The lowest BCUT2D eigenvalue weighted by Gasteiger charge is -2.27. The summed E-state index contributed by atoms with van der Waals surface area (Å²) in [7, 11) is 0. The van der Waals surface area contributed by atoms with Gasteiger partial charge in [-0.2, -0.15) is 5.26 Å². The monoisotopic (exact) mass is 293 g/mol. The fourth-order valence-corrected chi connectivity index (χ4v) is 2.28. The Balaban J connectivity index is 1.85. The highest BCUT2D eigenvalue weighted by Gasteiger charge is 2.16. The zero-order valence-corrected chi connectivity index (χ0v) is 11.8. The Morgan fingerprint density at radius 3 is 2.90 bits per heavy atom. The highest BCUT2D eigenvalue weighted by molar-refractivity contribution is 6.32. The van der Waals surface area contributed by atoms with E-state index in [4.69, 9.17) is 21.6 Å². The molecule has 0 atom stereocenters. The van der Waals surface area contributed by atoms with Crippen molar-refractivity contribution >= 4 is 23.2 Å². The number of amides is 1. The van der Waals surface area contributed by atoms with Gasteiger partial charge in [-0.25, -0.2) is 0 Å². The Kier molecular flexibility index (Phi) is 5.22. The number of halogens is 1. The van der Waals surface area contributed by atoms with E-state index in [-0.39, 0.29) is 5.91 Å². The Hall–Kier alpha value is -1.77.